The number of fused-ring (bicyclic) bond motifs is 1. The van der Waals surface area contributed by atoms with Crippen molar-refractivity contribution in [3.8, 4) is 0 Å². The zero-order valence-electron chi connectivity index (χ0n) is 12.1. The van der Waals surface area contributed by atoms with Crippen LogP contribution in [0.5, 0.6) is 0 Å². The van der Waals surface area contributed by atoms with E-state index < -0.39 is 0 Å². The highest BCUT2D eigenvalue weighted by Gasteiger charge is 2.22. The first-order chi connectivity index (χ1) is 11.2. The van der Waals surface area contributed by atoms with Gasteiger partial charge in [0, 0.05) is 32.4 Å². The molecule has 1 aliphatic rings. The van der Waals surface area contributed by atoms with Crippen molar-refractivity contribution in [2.75, 3.05) is 36.0 Å². The van der Waals surface area contributed by atoms with Gasteiger partial charge in [-0.25, -0.2) is 10.1 Å². The maximum Gasteiger partial charge on any atom is 0.285 e. The average Bonchev–Trinajstić information content (AvgIpc) is 3.02. The molecule has 23 heavy (non-hydrogen) atoms. The lowest BCUT2D eigenvalue weighted by Gasteiger charge is -2.35. The van der Waals surface area contributed by atoms with Gasteiger partial charge in [-0.15, -0.1) is 0 Å². The van der Waals surface area contributed by atoms with Gasteiger partial charge in [-0.3, -0.25) is 9.78 Å². The molecule has 118 valence electrons. The van der Waals surface area contributed by atoms with Crippen LogP contribution in [0.1, 0.15) is 0 Å². The number of halogens is 1. The number of hydrogen-bond donors (Lipinski definition) is 1. The monoisotopic (exact) mass is 348 g/mol. The highest BCUT2D eigenvalue weighted by atomic mass is 35.5. The molecule has 3 aromatic heterocycles. The average molecular weight is 349 g/mol. The lowest BCUT2D eigenvalue weighted by Crippen LogP contribution is -2.47. The van der Waals surface area contributed by atoms with Gasteiger partial charge in [0.2, 0.25) is 0 Å². The largest absolute Gasteiger partial charge is 0.365 e. The molecular weight excluding hydrogens is 336 g/mol. The zero-order valence-corrected chi connectivity index (χ0v) is 13.6. The molecule has 4 rings (SSSR count). The highest BCUT2D eigenvalue weighted by molar-refractivity contribution is 7.22. The number of hydrogen-bond acceptors (Lipinski definition) is 7. The molecule has 1 saturated heterocycles. The number of nitrogens with one attached hydrogen (secondary N) is 1. The molecule has 7 nitrogen and oxygen atoms in total. The van der Waals surface area contributed by atoms with Crippen LogP contribution in [0, 0.1) is 0 Å². The summed E-state index contributed by atoms with van der Waals surface area (Å²) in [6, 6.07) is 1.98. The molecule has 3 aromatic rings. The van der Waals surface area contributed by atoms with Gasteiger partial charge in [-0.05, 0) is 6.07 Å². The highest BCUT2D eigenvalue weighted by Crippen LogP contribution is 2.29. The van der Waals surface area contributed by atoms with E-state index in [0.29, 0.717) is 5.69 Å². The molecule has 9 heteroatoms. The van der Waals surface area contributed by atoms with E-state index in [0.717, 1.165) is 41.5 Å². The van der Waals surface area contributed by atoms with Gasteiger partial charge in [0.25, 0.3) is 5.56 Å². The second kappa shape index (κ2) is 5.78. The fourth-order valence-corrected chi connectivity index (χ4v) is 3.83. The molecule has 0 unspecified atom stereocenters. The third-order valence-electron chi connectivity index (χ3n) is 3.85. The third-order valence-corrected chi connectivity index (χ3v) is 5.31. The third kappa shape index (κ3) is 2.64. The molecule has 0 aliphatic carbocycles. The minimum absolute atomic E-state index is 0.194. The number of anilines is 2. The SMILES string of the molecule is O=c1[nH]ncc(N2CCN(c3nc4cnccc4s3)CC2)c1Cl. The fourth-order valence-electron chi connectivity index (χ4n) is 2.64. The van der Waals surface area contributed by atoms with E-state index in [2.05, 4.69) is 30.0 Å². The second-order valence-electron chi connectivity index (χ2n) is 5.21. The summed E-state index contributed by atoms with van der Waals surface area (Å²) in [7, 11) is 0. The van der Waals surface area contributed by atoms with Crippen molar-refractivity contribution < 1.29 is 0 Å². The Labute approximate surface area is 140 Å². The number of piperazine rings is 1. The molecular formula is C14H13ClN6OS. The molecule has 0 atom stereocenters. The Kier molecular flexibility index (Phi) is 3.62. The summed E-state index contributed by atoms with van der Waals surface area (Å²) >= 11 is 7.75. The Bertz CT molecular complexity index is 868. The van der Waals surface area contributed by atoms with E-state index in [1.54, 1.807) is 29.9 Å². The molecule has 1 N–H and O–H groups in total. The Morgan fingerprint density at radius 2 is 1.96 bits per heavy atom. The van der Waals surface area contributed by atoms with E-state index in [4.69, 9.17) is 11.6 Å². The van der Waals surface area contributed by atoms with Crippen LogP contribution in [0.2, 0.25) is 5.02 Å². The lowest BCUT2D eigenvalue weighted by atomic mass is 10.3. The molecule has 4 heterocycles. The van der Waals surface area contributed by atoms with Crippen LogP contribution in [-0.4, -0.2) is 46.3 Å². The smallest absolute Gasteiger partial charge is 0.285 e. The van der Waals surface area contributed by atoms with Crippen molar-refractivity contribution in [2.24, 2.45) is 0 Å². The van der Waals surface area contributed by atoms with Crippen molar-refractivity contribution in [1.82, 2.24) is 20.2 Å². The summed E-state index contributed by atoms with van der Waals surface area (Å²) in [5.41, 5.74) is 1.26. The summed E-state index contributed by atoms with van der Waals surface area (Å²) in [6.45, 7) is 3.16. The summed E-state index contributed by atoms with van der Waals surface area (Å²) < 4.78 is 1.14. The standard InChI is InChI=1S/C14H13ClN6OS/c15-12-10(8-17-19-13(12)22)20-3-5-21(6-4-20)14-18-9-7-16-2-1-11(9)23-14/h1-2,7-8H,3-6H2,(H,19,22). The van der Waals surface area contributed by atoms with Gasteiger partial charge in [-0.1, -0.05) is 22.9 Å². The number of nitrogens with zero attached hydrogens (tertiary/aromatic N) is 5. The number of aromatic nitrogens is 4. The second-order valence-corrected chi connectivity index (χ2v) is 6.60. The quantitative estimate of drug-likeness (QED) is 0.760. The van der Waals surface area contributed by atoms with Gasteiger partial charge >= 0.3 is 0 Å². The minimum atomic E-state index is -0.356. The van der Waals surface area contributed by atoms with Gasteiger partial charge in [-0.2, -0.15) is 5.10 Å². The van der Waals surface area contributed by atoms with E-state index in [1.165, 1.54) is 0 Å². The molecule has 1 aliphatic heterocycles. The predicted octanol–water partition coefficient (Wildman–Crippen LogP) is 1.75. The van der Waals surface area contributed by atoms with E-state index in [1.807, 2.05) is 6.07 Å². The van der Waals surface area contributed by atoms with Crippen molar-refractivity contribution >= 4 is 44.0 Å². The first kappa shape index (κ1) is 14.4. The Balaban J connectivity index is 1.52. The number of aromatic amines is 1. The Morgan fingerprint density at radius 1 is 1.17 bits per heavy atom. The van der Waals surface area contributed by atoms with Crippen LogP contribution in [0.15, 0.2) is 29.5 Å². The normalized spacial score (nSPS) is 15.3. The van der Waals surface area contributed by atoms with Crippen molar-refractivity contribution in [2.45, 2.75) is 0 Å². The van der Waals surface area contributed by atoms with Crippen LogP contribution >= 0.6 is 22.9 Å². The molecule has 0 saturated carbocycles. The summed E-state index contributed by atoms with van der Waals surface area (Å²) in [4.78, 5) is 24.6. The first-order valence-corrected chi connectivity index (χ1v) is 8.35. The Morgan fingerprint density at radius 3 is 2.74 bits per heavy atom. The van der Waals surface area contributed by atoms with Crippen LogP contribution in [-0.2, 0) is 0 Å². The summed E-state index contributed by atoms with van der Waals surface area (Å²) in [5.74, 6) is 0. The van der Waals surface area contributed by atoms with Gasteiger partial charge in [0.15, 0.2) is 5.13 Å². The Hall–Kier alpha value is -2.19. The van der Waals surface area contributed by atoms with Gasteiger partial charge in [0.05, 0.1) is 22.8 Å². The topological polar surface area (TPSA) is 78.0 Å². The molecule has 0 bridgehead atoms. The molecule has 0 aromatic carbocycles. The summed E-state index contributed by atoms with van der Waals surface area (Å²) in [6.07, 6.45) is 5.17. The molecule has 1 fully saturated rings. The number of thiazole rings is 1. The number of pyridine rings is 1. The fraction of sp³-hybridized carbons (Fsp3) is 0.286. The van der Waals surface area contributed by atoms with Crippen molar-refractivity contribution in [3.05, 3.63) is 40.0 Å². The van der Waals surface area contributed by atoms with E-state index >= 15 is 0 Å². The van der Waals surface area contributed by atoms with Crippen molar-refractivity contribution in [3.63, 3.8) is 0 Å². The zero-order chi connectivity index (χ0) is 15.8. The minimum Gasteiger partial charge on any atom is -0.365 e. The lowest BCUT2D eigenvalue weighted by molar-refractivity contribution is 0.650. The summed E-state index contributed by atoms with van der Waals surface area (Å²) in [5, 5.41) is 7.37. The van der Waals surface area contributed by atoms with E-state index in [9.17, 15) is 4.79 Å². The number of H-pyrrole nitrogens is 1. The van der Waals surface area contributed by atoms with E-state index in [-0.39, 0.29) is 10.6 Å². The maximum atomic E-state index is 11.6. The van der Waals surface area contributed by atoms with Gasteiger partial charge < -0.3 is 9.80 Å². The van der Waals surface area contributed by atoms with Gasteiger partial charge in [0.1, 0.15) is 10.5 Å². The predicted molar refractivity (Wildman–Crippen MR) is 91.7 cm³/mol. The number of rotatable bonds is 2. The van der Waals surface area contributed by atoms with Crippen molar-refractivity contribution in [1.29, 1.82) is 0 Å². The molecule has 0 amide bonds. The molecule has 0 radical (unpaired) electrons. The van der Waals surface area contributed by atoms with Crippen LogP contribution in [0.4, 0.5) is 10.8 Å². The first-order valence-electron chi connectivity index (χ1n) is 7.16. The molecule has 0 spiro atoms. The van der Waals surface area contributed by atoms with Crippen LogP contribution < -0.4 is 15.4 Å². The maximum absolute atomic E-state index is 11.6. The van der Waals surface area contributed by atoms with Crippen LogP contribution in [0.3, 0.4) is 0 Å². The van der Waals surface area contributed by atoms with Crippen LogP contribution in [0.25, 0.3) is 10.2 Å².